The Kier molecular flexibility index (Phi) is 5.83. The molecule has 7 heteroatoms. The van der Waals surface area contributed by atoms with E-state index in [0.29, 0.717) is 37.2 Å². The summed E-state index contributed by atoms with van der Waals surface area (Å²) in [7, 11) is 0. The van der Waals surface area contributed by atoms with Gasteiger partial charge >= 0.3 is 6.09 Å². The molecule has 2 N–H and O–H groups in total. The molecule has 0 aliphatic carbocycles. The lowest BCUT2D eigenvalue weighted by Gasteiger charge is -2.45. The number of amides is 2. The normalized spacial score (nSPS) is 16.5. The van der Waals surface area contributed by atoms with Crippen LogP contribution in [0.15, 0.2) is 36.5 Å². The minimum atomic E-state index is -0.550. The molecular weight excluding hydrogens is 382 g/mol. The molecule has 0 saturated carbocycles. The summed E-state index contributed by atoms with van der Waals surface area (Å²) in [6, 6.07) is 9.29. The number of carbonyl (C=O) groups is 2. The summed E-state index contributed by atoms with van der Waals surface area (Å²) in [5.41, 5.74) is 6.71. The first kappa shape index (κ1) is 21.7. The van der Waals surface area contributed by atoms with Crippen molar-refractivity contribution in [1.29, 1.82) is 0 Å². The number of primary amides is 1. The largest absolute Gasteiger partial charge is 0.479 e. The predicted molar refractivity (Wildman–Crippen MR) is 115 cm³/mol. The van der Waals surface area contributed by atoms with Crippen LogP contribution in [0, 0.1) is 0 Å². The van der Waals surface area contributed by atoms with Gasteiger partial charge < -0.3 is 24.7 Å². The number of fused-ring (bicyclic) bond motifs is 4. The van der Waals surface area contributed by atoms with Gasteiger partial charge in [-0.25, -0.2) is 4.79 Å². The number of likely N-dealkylation sites (tertiary alicyclic amines) is 1. The second-order valence-corrected chi connectivity index (χ2v) is 8.37. The first-order chi connectivity index (χ1) is 14.2. The smallest absolute Gasteiger partial charge is 0.410 e. The minimum absolute atomic E-state index is 0.301. The van der Waals surface area contributed by atoms with Gasteiger partial charge in [-0.05, 0) is 51.1 Å². The van der Waals surface area contributed by atoms with Crippen LogP contribution in [0.1, 0.15) is 63.5 Å². The highest BCUT2D eigenvalue weighted by atomic mass is 16.6. The van der Waals surface area contributed by atoms with Gasteiger partial charge in [-0.3, -0.25) is 4.79 Å². The Morgan fingerprint density at radius 3 is 2.40 bits per heavy atom. The number of hydrogen-bond acceptors (Lipinski definition) is 4. The summed E-state index contributed by atoms with van der Waals surface area (Å²) < 4.78 is 14.0. The van der Waals surface area contributed by atoms with Gasteiger partial charge in [-0.15, -0.1) is 0 Å². The number of hydrogen-bond donors (Lipinski definition) is 1. The Hall–Kier alpha value is -2.96. The van der Waals surface area contributed by atoms with Crippen LogP contribution in [0.25, 0.3) is 5.69 Å². The average molecular weight is 414 g/mol. The maximum absolute atomic E-state index is 12.4. The second kappa shape index (κ2) is 8.05. The van der Waals surface area contributed by atoms with Crippen LogP contribution < -0.4 is 10.5 Å². The van der Waals surface area contributed by atoms with Crippen molar-refractivity contribution < 1.29 is 19.1 Å². The highest BCUT2D eigenvalue weighted by molar-refractivity contribution is 5.93. The molecule has 7 nitrogen and oxygen atoms in total. The quantitative estimate of drug-likeness (QED) is 0.758. The van der Waals surface area contributed by atoms with E-state index < -0.39 is 17.1 Å². The molecule has 1 aromatic carbocycles. The van der Waals surface area contributed by atoms with Crippen LogP contribution in [-0.4, -0.2) is 40.2 Å². The van der Waals surface area contributed by atoms with E-state index in [1.54, 1.807) is 17.0 Å². The second-order valence-electron chi connectivity index (χ2n) is 8.37. The van der Waals surface area contributed by atoms with Crippen molar-refractivity contribution in [3.63, 3.8) is 0 Å². The first-order valence-corrected chi connectivity index (χ1v) is 10.5. The highest BCUT2D eigenvalue weighted by Crippen LogP contribution is 2.45. The van der Waals surface area contributed by atoms with Crippen molar-refractivity contribution in [3.05, 3.63) is 47.8 Å². The molecule has 1 saturated heterocycles. The van der Waals surface area contributed by atoms with Crippen LogP contribution >= 0.6 is 0 Å². The number of ether oxygens (including phenoxy) is 2. The van der Waals surface area contributed by atoms with Crippen molar-refractivity contribution >= 4 is 12.0 Å². The molecule has 4 rings (SSSR count). The van der Waals surface area contributed by atoms with Gasteiger partial charge in [0.25, 0.3) is 0 Å². The van der Waals surface area contributed by atoms with Gasteiger partial charge in [0.15, 0.2) is 5.60 Å². The topological polar surface area (TPSA) is 86.8 Å². The van der Waals surface area contributed by atoms with Crippen LogP contribution in [0.5, 0.6) is 5.75 Å². The zero-order valence-corrected chi connectivity index (χ0v) is 18.4. The molecule has 0 unspecified atom stereocenters. The van der Waals surface area contributed by atoms with Crippen molar-refractivity contribution in [2.24, 2.45) is 5.73 Å². The lowest BCUT2D eigenvalue weighted by atomic mass is 9.86. The Morgan fingerprint density at radius 1 is 1.13 bits per heavy atom. The Labute approximate surface area is 177 Å². The van der Waals surface area contributed by atoms with E-state index in [2.05, 4.69) is 4.57 Å². The fourth-order valence-corrected chi connectivity index (χ4v) is 3.91. The van der Waals surface area contributed by atoms with Crippen LogP contribution in [0.3, 0.4) is 0 Å². The van der Waals surface area contributed by atoms with E-state index in [1.165, 1.54) is 0 Å². The van der Waals surface area contributed by atoms with E-state index in [0.717, 1.165) is 11.4 Å². The van der Waals surface area contributed by atoms with Gasteiger partial charge in [-0.2, -0.15) is 0 Å². The zero-order chi connectivity index (χ0) is 22.1. The van der Waals surface area contributed by atoms with Gasteiger partial charge in [0.1, 0.15) is 11.4 Å². The standard InChI is InChI=1S/C21H25N3O4.C2H6/c1-20(2,3)28-19(26)23-11-8-21(9-12-23)17-5-4-10-24(17)15-7-6-14(18(22)25)13-16(15)27-21;1-2/h4-7,10,13H,8-9,11-12H2,1-3H3,(H2,22,25);1-2H3. The van der Waals surface area contributed by atoms with Gasteiger partial charge in [0, 0.05) is 37.7 Å². The molecule has 30 heavy (non-hydrogen) atoms. The van der Waals surface area contributed by atoms with E-state index in [1.807, 2.05) is 59.0 Å². The third-order valence-corrected chi connectivity index (χ3v) is 5.25. The molecule has 0 bridgehead atoms. The number of rotatable bonds is 1. The summed E-state index contributed by atoms with van der Waals surface area (Å²) in [6.07, 6.45) is 2.96. The number of nitrogens with two attached hydrogens (primary N) is 1. The van der Waals surface area contributed by atoms with Crippen LogP contribution in [0.4, 0.5) is 4.79 Å². The fourth-order valence-electron chi connectivity index (χ4n) is 3.91. The molecule has 3 heterocycles. The summed E-state index contributed by atoms with van der Waals surface area (Å²) >= 11 is 0. The number of aromatic nitrogens is 1. The molecular formula is C23H31N3O4. The van der Waals surface area contributed by atoms with E-state index in [9.17, 15) is 9.59 Å². The molecule has 1 fully saturated rings. The molecule has 162 valence electrons. The SMILES string of the molecule is CC.CC(C)(C)OC(=O)N1CCC2(CC1)Oc1cc(C(N)=O)ccc1-n1cccc12. The van der Waals surface area contributed by atoms with E-state index >= 15 is 0 Å². The Bertz CT molecular complexity index is 934. The van der Waals surface area contributed by atoms with E-state index in [4.69, 9.17) is 15.2 Å². The van der Waals surface area contributed by atoms with Crippen molar-refractivity contribution in [1.82, 2.24) is 9.47 Å². The van der Waals surface area contributed by atoms with Crippen LogP contribution in [0.2, 0.25) is 0 Å². The summed E-state index contributed by atoms with van der Waals surface area (Å²) in [5, 5.41) is 0. The maximum Gasteiger partial charge on any atom is 0.410 e. The molecule has 2 aliphatic rings. The highest BCUT2D eigenvalue weighted by Gasteiger charge is 2.45. The van der Waals surface area contributed by atoms with E-state index in [-0.39, 0.29) is 6.09 Å². The number of nitrogens with zero attached hydrogens (tertiary/aromatic N) is 2. The number of carbonyl (C=O) groups excluding carboxylic acids is 2. The lowest BCUT2D eigenvalue weighted by molar-refractivity contribution is -0.0268. The average Bonchev–Trinajstić information content (AvgIpc) is 3.19. The summed E-state index contributed by atoms with van der Waals surface area (Å²) in [5.74, 6) is 0.143. The molecule has 1 spiro atoms. The monoisotopic (exact) mass is 413 g/mol. The van der Waals surface area contributed by atoms with Crippen molar-refractivity contribution in [2.45, 2.75) is 58.7 Å². The maximum atomic E-state index is 12.4. The molecule has 2 aromatic rings. The Morgan fingerprint density at radius 2 is 1.80 bits per heavy atom. The lowest BCUT2D eigenvalue weighted by Crippen LogP contribution is -2.50. The Balaban J connectivity index is 0.00000124. The summed E-state index contributed by atoms with van der Waals surface area (Å²) in [4.78, 5) is 25.7. The fraction of sp³-hybridized carbons (Fsp3) is 0.478. The van der Waals surface area contributed by atoms with Crippen LogP contribution in [-0.2, 0) is 10.3 Å². The molecule has 0 radical (unpaired) electrons. The third kappa shape index (κ3) is 4.01. The minimum Gasteiger partial charge on any atom is -0.479 e. The van der Waals surface area contributed by atoms with Gasteiger partial charge in [0.2, 0.25) is 5.91 Å². The van der Waals surface area contributed by atoms with Gasteiger partial charge in [0.05, 0.1) is 11.4 Å². The number of benzene rings is 1. The third-order valence-electron chi connectivity index (χ3n) is 5.25. The predicted octanol–water partition coefficient (Wildman–Crippen LogP) is 4.22. The molecule has 2 aliphatic heterocycles. The molecule has 1 aromatic heterocycles. The van der Waals surface area contributed by atoms with Crippen molar-refractivity contribution in [3.8, 4) is 11.4 Å². The zero-order valence-electron chi connectivity index (χ0n) is 18.4. The first-order valence-electron chi connectivity index (χ1n) is 10.5. The van der Waals surface area contributed by atoms with Crippen molar-refractivity contribution in [2.75, 3.05) is 13.1 Å². The number of piperidine rings is 1. The molecule has 0 atom stereocenters. The molecule has 2 amide bonds. The van der Waals surface area contributed by atoms with Gasteiger partial charge in [-0.1, -0.05) is 13.8 Å². The summed E-state index contributed by atoms with van der Waals surface area (Å²) in [6.45, 7) is 10.7.